The smallest absolute Gasteiger partial charge is 0.404 e. The van der Waals surface area contributed by atoms with E-state index in [4.69, 9.17) is 0 Å². The van der Waals surface area contributed by atoms with Gasteiger partial charge in [-0.2, -0.15) is 10.2 Å². The Hall–Kier alpha value is -5.82. The van der Waals surface area contributed by atoms with Gasteiger partial charge in [0.1, 0.15) is 11.4 Å². The normalized spacial score (nSPS) is 17.2. The predicted molar refractivity (Wildman–Crippen MR) is 175 cm³/mol. The number of aromatic nitrogens is 2. The van der Waals surface area contributed by atoms with Gasteiger partial charge < -0.3 is 14.9 Å². The summed E-state index contributed by atoms with van der Waals surface area (Å²) in [4.78, 5) is 19.6. The molecule has 2 aliphatic heterocycles. The van der Waals surface area contributed by atoms with Crippen LogP contribution in [0.1, 0.15) is 29.8 Å². The molecule has 0 saturated carbocycles. The van der Waals surface area contributed by atoms with Gasteiger partial charge in [-0.1, -0.05) is 29.8 Å². The fourth-order valence-electron chi connectivity index (χ4n) is 4.39. The third-order valence-corrected chi connectivity index (χ3v) is 6.89. The molecule has 0 bridgehead atoms. The maximum atomic E-state index is 11.5. The third-order valence-electron chi connectivity index (χ3n) is 6.89. The molecular formula is C33H32N10NiO4+2. The maximum absolute atomic E-state index is 11.5. The van der Waals surface area contributed by atoms with Crippen molar-refractivity contribution in [2.24, 2.45) is 30.7 Å². The van der Waals surface area contributed by atoms with Gasteiger partial charge in [-0.3, -0.25) is 0 Å². The number of benzene rings is 2. The van der Waals surface area contributed by atoms with Crippen LogP contribution in [-0.2, 0) is 21.2 Å². The van der Waals surface area contributed by atoms with Gasteiger partial charge in [0, 0.05) is 63.4 Å². The summed E-state index contributed by atoms with van der Waals surface area (Å²) in [5.74, 6) is 0.493. The van der Waals surface area contributed by atoms with Crippen LogP contribution in [0, 0.1) is 6.92 Å². The van der Waals surface area contributed by atoms with Crippen LogP contribution < -0.4 is 0 Å². The Morgan fingerprint density at radius 2 is 1.12 bits per heavy atom. The summed E-state index contributed by atoms with van der Waals surface area (Å²) in [6.07, 6.45) is 3.26. The Balaban J connectivity index is 0.000000214. The van der Waals surface area contributed by atoms with Gasteiger partial charge in [-0.25, -0.2) is 14.8 Å². The Labute approximate surface area is 286 Å². The van der Waals surface area contributed by atoms with Gasteiger partial charge in [0.05, 0.1) is 12.7 Å². The van der Waals surface area contributed by atoms with Crippen molar-refractivity contribution in [3.05, 3.63) is 108 Å². The first-order valence-corrected chi connectivity index (χ1v) is 14.5. The molecule has 15 heteroatoms. The topological polar surface area (TPSA) is 173 Å². The second-order valence-corrected chi connectivity index (χ2v) is 10.3. The van der Waals surface area contributed by atoms with Crippen LogP contribution in [0.5, 0.6) is 0 Å². The fraction of sp³-hybridized carbons (Fsp3) is 0.182. The van der Waals surface area contributed by atoms with Crippen LogP contribution >= 0.6 is 0 Å². The largest absolute Gasteiger partial charge is 0.465 e. The number of hydrogen-bond donors (Lipinski definition) is 2. The SMILES string of the molecule is CC1=N[N+](c2ccc(C)cc2)=C(O)C1N=Nc1ccccn1.COC(=O)c1ccc([N+]2=C(O)C(N=Nc3ccccn3)C(C)=N2)cc1.[Ni]. The van der Waals surface area contributed by atoms with Crippen molar-refractivity contribution in [2.45, 2.75) is 32.9 Å². The van der Waals surface area contributed by atoms with E-state index in [1.165, 1.54) is 16.5 Å². The van der Waals surface area contributed by atoms with Crippen molar-refractivity contribution in [3.63, 3.8) is 0 Å². The zero-order valence-corrected chi connectivity index (χ0v) is 27.4. The number of hydrazone groups is 2. The van der Waals surface area contributed by atoms with E-state index < -0.39 is 18.1 Å². The van der Waals surface area contributed by atoms with Crippen molar-refractivity contribution >= 4 is 52.2 Å². The van der Waals surface area contributed by atoms with Crippen molar-refractivity contribution < 1.29 is 45.6 Å². The van der Waals surface area contributed by atoms with Crippen molar-refractivity contribution in [2.75, 3.05) is 7.11 Å². The number of ether oxygens (including phenoxy) is 1. The number of hydrogen-bond acceptors (Lipinski definition) is 10. The van der Waals surface area contributed by atoms with Gasteiger partial charge in [0.25, 0.3) is 0 Å². The molecule has 0 aliphatic carbocycles. The average molecular weight is 691 g/mol. The van der Waals surface area contributed by atoms with Gasteiger partial charge in [0.2, 0.25) is 23.5 Å². The summed E-state index contributed by atoms with van der Waals surface area (Å²) in [5.41, 5.74) is 4.22. The number of aryl methyl sites for hydroxylation is 1. The number of aliphatic hydroxyl groups is 2. The second kappa shape index (κ2) is 16.1. The second-order valence-electron chi connectivity index (χ2n) is 10.3. The molecule has 2 N–H and O–H groups in total. The Morgan fingerprint density at radius 3 is 1.52 bits per heavy atom. The summed E-state index contributed by atoms with van der Waals surface area (Å²) >= 11 is 0. The van der Waals surface area contributed by atoms with Crippen LogP contribution in [0.2, 0.25) is 0 Å². The number of azo groups is 2. The van der Waals surface area contributed by atoms with Gasteiger partial charge in [-0.05, 0) is 66.5 Å². The van der Waals surface area contributed by atoms with E-state index in [2.05, 4.69) is 45.4 Å². The molecule has 14 nitrogen and oxygen atoms in total. The van der Waals surface area contributed by atoms with Crippen LogP contribution in [-0.4, -0.2) is 77.9 Å². The summed E-state index contributed by atoms with van der Waals surface area (Å²) in [5, 5.41) is 45.8. The first-order valence-electron chi connectivity index (χ1n) is 14.5. The molecule has 2 aromatic heterocycles. The number of rotatable bonds is 7. The monoisotopic (exact) mass is 690 g/mol. The fourth-order valence-corrected chi connectivity index (χ4v) is 4.39. The molecule has 48 heavy (non-hydrogen) atoms. The van der Waals surface area contributed by atoms with E-state index in [-0.39, 0.29) is 28.3 Å². The average Bonchev–Trinajstić information content (AvgIpc) is 3.55. The predicted octanol–water partition coefficient (Wildman–Crippen LogP) is 6.54. The van der Waals surface area contributed by atoms with Crippen LogP contribution in [0.4, 0.5) is 23.0 Å². The van der Waals surface area contributed by atoms with E-state index in [0.29, 0.717) is 34.3 Å². The number of nitrogens with zero attached hydrogens (tertiary/aromatic N) is 10. The molecule has 4 aromatic rings. The molecular weight excluding hydrogens is 659 g/mol. The summed E-state index contributed by atoms with van der Waals surface area (Å²) in [6, 6.07) is 23.7. The maximum Gasteiger partial charge on any atom is 0.404 e. The molecule has 246 valence electrons. The van der Waals surface area contributed by atoms with Gasteiger partial charge in [-0.15, -0.1) is 10.2 Å². The third kappa shape index (κ3) is 8.31. The zero-order chi connectivity index (χ0) is 33.3. The van der Waals surface area contributed by atoms with Crippen LogP contribution in [0.15, 0.2) is 128 Å². The number of carbonyl (C=O) groups excluding carboxylic acids is 1. The first kappa shape index (κ1) is 35.0. The summed E-state index contributed by atoms with van der Waals surface area (Å²) in [7, 11) is 1.32. The van der Waals surface area contributed by atoms with E-state index in [0.717, 1.165) is 11.3 Å². The van der Waals surface area contributed by atoms with Crippen LogP contribution in [0.25, 0.3) is 0 Å². The minimum Gasteiger partial charge on any atom is -0.465 e. The molecule has 2 aliphatic rings. The minimum absolute atomic E-state index is 0. The minimum atomic E-state index is -0.678. The van der Waals surface area contributed by atoms with Gasteiger partial charge in [0.15, 0.2) is 11.6 Å². The Morgan fingerprint density at radius 1 is 0.688 bits per heavy atom. The molecule has 0 spiro atoms. The summed E-state index contributed by atoms with van der Waals surface area (Å²) < 4.78 is 7.51. The van der Waals surface area contributed by atoms with E-state index in [9.17, 15) is 15.0 Å². The van der Waals surface area contributed by atoms with Crippen molar-refractivity contribution in [1.82, 2.24) is 9.97 Å². The van der Waals surface area contributed by atoms with E-state index >= 15 is 0 Å². The molecule has 2 atom stereocenters. The van der Waals surface area contributed by atoms with Crippen LogP contribution in [0.3, 0.4) is 0 Å². The first-order chi connectivity index (χ1) is 22.7. The standard InChI is InChI=1S/C17H15N5O3.C16H15N5O.Ni/c1-11-15(20-19-14-5-3-4-10-18-14)16(23)22(21-11)13-8-6-12(7-9-13)17(24)25-2;1-11-6-8-13(9-7-11)21-16(22)15(12(2)20-21)19-18-14-5-3-4-10-17-14;/h3-10,15H,1-2H3;3-10,15H,1-2H3;/p+2. The summed E-state index contributed by atoms with van der Waals surface area (Å²) in [6.45, 7) is 5.57. The molecule has 0 saturated heterocycles. The number of methoxy groups -OCH3 is 1. The zero-order valence-electron chi connectivity index (χ0n) is 26.4. The number of esters is 1. The quantitative estimate of drug-likeness (QED) is 0.0964. The number of carbonyl (C=O) groups is 1. The molecule has 0 amide bonds. The molecule has 2 unspecified atom stereocenters. The number of pyridine rings is 2. The molecule has 0 radical (unpaired) electrons. The number of aliphatic hydroxyl groups excluding tert-OH is 2. The molecule has 0 fully saturated rings. The van der Waals surface area contributed by atoms with Crippen molar-refractivity contribution in [3.8, 4) is 0 Å². The van der Waals surface area contributed by atoms with E-state index in [1.807, 2.05) is 50.2 Å². The Bertz CT molecular complexity index is 1930. The van der Waals surface area contributed by atoms with Crippen molar-refractivity contribution in [1.29, 1.82) is 0 Å². The molecule has 4 heterocycles. The Kier molecular flexibility index (Phi) is 11.8. The van der Waals surface area contributed by atoms with Gasteiger partial charge >= 0.3 is 17.8 Å². The van der Waals surface area contributed by atoms with E-state index in [1.54, 1.807) is 67.8 Å². The molecule has 2 aromatic carbocycles. The molecule has 6 rings (SSSR count).